The summed E-state index contributed by atoms with van der Waals surface area (Å²) in [5, 5.41) is 11.2. The second kappa shape index (κ2) is 10.9. The summed E-state index contributed by atoms with van der Waals surface area (Å²) in [5.41, 5.74) is 1.41. The van der Waals surface area contributed by atoms with Gasteiger partial charge in [0.2, 0.25) is 0 Å². The molecule has 1 aliphatic heterocycles. The maximum Gasteiger partial charge on any atom is 0.338 e. The van der Waals surface area contributed by atoms with Crippen molar-refractivity contribution in [1.82, 2.24) is 4.57 Å². The number of aromatic nitrogens is 1. The third-order valence-corrected chi connectivity index (χ3v) is 7.57. The fourth-order valence-electron chi connectivity index (χ4n) is 4.41. The van der Waals surface area contributed by atoms with Gasteiger partial charge in [0.15, 0.2) is 4.80 Å². The van der Waals surface area contributed by atoms with E-state index < -0.39 is 16.9 Å². The van der Waals surface area contributed by atoms with E-state index in [0.717, 1.165) is 11.3 Å². The zero-order chi connectivity index (χ0) is 28.6. The topological polar surface area (TPSA) is 126 Å². The number of fused-ring (bicyclic) bond motifs is 1. The number of carbonyl (C=O) groups excluding carboxylic acids is 1. The van der Waals surface area contributed by atoms with Crippen LogP contribution in [-0.4, -0.2) is 29.2 Å². The van der Waals surface area contributed by atoms with E-state index in [1.165, 1.54) is 22.8 Å². The van der Waals surface area contributed by atoms with Gasteiger partial charge in [0, 0.05) is 23.8 Å². The van der Waals surface area contributed by atoms with Crippen LogP contribution in [0.2, 0.25) is 5.02 Å². The first kappa shape index (κ1) is 27.1. The van der Waals surface area contributed by atoms with Crippen molar-refractivity contribution in [2.75, 3.05) is 13.7 Å². The van der Waals surface area contributed by atoms with Gasteiger partial charge in [-0.15, -0.1) is 0 Å². The number of ether oxygens (including phenoxy) is 2. The van der Waals surface area contributed by atoms with Gasteiger partial charge in [0.05, 0.1) is 45.5 Å². The molecule has 0 spiro atoms. The van der Waals surface area contributed by atoms with Crippen LogP contribution >= 0.6 is 22.9 Å². The van der Waals surface area contributed by atoms with E-state index in [9.17, 15) is 19.7 Å². The Kier molecular flexibility index (Phi) is 7.42. The van der Waals surface area contributed by atoms with Gasteiger partial charge in [-0.05, 0) is 49.7 Å². The Morgan fingerprint density at radius 2 is 1.98 bits per heavy atom. The first-order valence-corrected chi connectivity index (χ1v) is 13.3. The Bertz CT molecular complexity index is 1850. The number of esters is 1. The summed E-state index contributed by atoms with van der Waals surface area (Å²) in [6.45, 7) is 3.61. The number of thiazole rings is 1. The van der Waals surface area contributed by atoms with E-state index in [1.54, 1.807) is 63.4 Å². The predicted molar refractivity (Wildman–Crippen MR) is 149 cm³/mol. The van der Waals surface area contributed by atoms with E-state index in [2.05, 4.69) is 4.99 Å². The molecule has 0 N–H and O–H groups in total. The second-order valence-electron chi connectivity index (χ2n) is 8.70. The Morgan fingerprint density at radius 1 is 1.23 bits per heavy atom. The zero-order valence-corrected chi connectivity index (χ0v) is 23.1. The smallest absolute Gasteiger partial charge is 0.338 e. The monoisotopic (exact) mass is 579 g/mol. The molecule has 0 bridgehead atoms. The van der Waals surface area contributed by atoms with Gasteiger partial charge in [0.25, 0.3) is 11.2 Å². The highest BCUT2D eigenvalue weighted by atomic mass is 35.5. The summed E-state index contributed by atoms with van der Waals surface area (Å²) >= 11 is 7.41. The highest BCUT2D eigenvalue weighted by molar-refractivity contribution is 7.07. The largest absolute Gasteiger partial charge is 0.497 e. The lowest BCUT2D eigenvalue weighted by atomic mass is 9.96. The number of halogens is 1. The molecule has 2 aromatic heterocycles. The SMILES string of the molecule is CCOC(=O)C1=C(C)N=c2sc(=Cc3ccc(-c4ccc([N+](=O)[O-])cc4Cl)o3)c(=O)n2[C@@H]1c1ccc(OC)cc1. The van der Waals surface area contributed by atoms with Crippen LogP contribution < -0.4 is 19.6 Å². The highest BCUT2D eigenvalue weighted by Gasteiger charge is 2.33. The number of allylic oxidation sites excluding steroid dienone is 1. The van der Waals surface area contributed by atoms with Crippen molar-refractivity contribution in [3.8, 4) is 17.1 Å². The minimum atomic E-state index is -0.755. The number of rotatable bonds is 7. The number of benzene rings is 2. The number of furan rings is 1. The van der Waals surface area contributed by atoms with Crippen molar-refractivity contribution in [2.24, 2.45) is 4.99 Å². The molecule has 0 aliphatic carbocycles. The van der Waals surface area contributed by atoms with Gasteiger partial charge >= 0.3 is 5.97 Å². The van der Waals surface area contributed by atoms with Gasteiger partial charge in [-0.3, -0.25) is 19.5 Å². The van der Waals surface area contributed by atoms with Crippen LogP contribution in [0.3, 0.4) is 0 Å². The fraction of sp³-hybridized carbons (Fsp3) is 0.179. The Labute approximate surface area is 236 Å². The Hall–Kier alpha value is -4.48. The van der Waals surface area contributed by atoms with Crippen molar-refractivity contribution in [3.05, 3.63) is 112 Å². The third kappa shape index (κ3) is 4.96. The molecule has 4 aromatic rings. The van der Waals surface area contributed by atoms with E-state index >= 15 is 0 Å². The summed E-state index contributed by atoms with van der Waals surface area (Å²) in [5.74, 6) is 0.846. The molecule has 1 atom stereocenters. The number of carbonyl (C=O) groups is 1. The number of hydrogen-bond acceptors (Lipinski definition) is 9. The number of hydrogen-bond donors (Lipinski definition) is 0. The molecule has 0 saturated carbocycles. The van der Waals surface area contributed by atoms with Crippen LogP contribution in [-0.2, 0) is 9.53 Å². The quantitative estimate of drug-likeness (QED) is 0.177. The van der Waals surface area contributed by atoms with E-state index in [1.807, 2.05) is 0 Å². The van der Waals surface area contributed by atoms with Crippen LogP contribution in [0.4, 0.5) is 5.69 Å². The molecule has 0 unspecified atom stereocenters. The van der Waals surface area contributed by atoms with Crippen molar-refractivity contribution in [1.29, 1.82) is 0 Å². The molecule has 5 rings (SSSR count). The standard InChI is InChI=1S/C28H22ClN3O7S/c1-4-38-27(34)24-15(2)30-28-31(25(24)16-5-8-18(37-3)9-6-16)26(33)23(40-28)14-19-10-12-22(39-19)20-11-7-17(32(35)36)13-21(20)29/h5-14,25H,4H2,1-3H3/t25-/m1/s1. The fourth-order valence-corrected chi connectivity index (χ4v) is 5.71. The zero-order valence-electron chi connectivity index (χ0n) is 21.5. The minimum absolute atomic E-state index is 0.134. The van der Waals surface area contributed by atoms with Gasteiger partial charge in [0.1, 0.15) is 17.3 Å². The first-order valence-electron chi connectivity index (χ1n) is 12.1. The Morgan fingerprint density at radius 3 is 2.62 bits per heavy atom. The highest BCUT2D eigenvalue weighted by Crippen LogP contribution is 2.33. The summed E-state index contributed by atoms with van der Waals surface area (Å²) in [7, 11) is 1.56. The minimum Gasteiger partial charge on any atom is -0.497 e. The molecule has 3 heterocycles. The van der Waals surface area contributed by atoms with Crippen LogP contribution in [0.15, 0.2) is 80.1 Å². The van der Waals surface area contributed by atoms with Gasteiger partial charge in [-0.2, -0.15) is 0 Å². The normalized spacial score (nSPS) is 15.0. The summed E-state index contributed by atoms with van der Waals surface area (Å²) < 4.78 is 18.3. The lowest BCUT2D eigenvalue weighted by molar-refractivity contribution is -0.384. The third-order valence-electron chi connectivity index (χ3n) is 6.28. The van der Waals surface area contributed by atoms with E-state index in [4.69, 9.17) is 25.5 Å². The molecule has 10 nitrogen and oxygen atoms in total. The lowest BCUT2D eigenvalue weighted by Crippen LogP contribution is -2.39. The number of methoxy groups -OCH3 is 1. The van der Waals surface area contributed by atoms with E-state index in [-0.39, 0.29) is 28.4 Å². The maximum atomic E-state index is 13.7. The molecule has 0 fully saturated rings. The summed E-state index contributed by atoms with van der Waals surface area (Å²) in [6.07, 6.45) is 1.58. The number of non-ortho nitro benzene ring substituents is 1. The number of nitrogens with zero attached hydrogens (tertiary/aromatic N) is 3. The average Bonchev–Trinajstić information content (AvgIpc) is 3.52. The molecule has 0 amide bonds. The second-order valence-corrected chi connectivity index (χ2v) is 10.1. The molecule has 40 heavy (non-hydrogen) atoms. The number of nitro groups is 1. The summed E-state index contributed by atoms with van der Waals surface area (Å²) in [6, 6.07) is 13.8. The molecule has 12 heteroatoms. The van der Waals surface area contributed by atoms with E-state index in [0.29, 0.717) is 43.4 Å². The van der Waals surface area contributed by atoms with Crippen molar-refractivity contribution < 1.29 is 23.6 Å². The molecule has 0 saturated heterocycles. The van der Waals surface area contributed by atoms with Gasteiger partial charge in [-0.1, -0.05) is 35.1 Å². The van der Waals surface area contributed by atoms with Crippen LogP contribution in [0, 0.1) is 10.1 Å². The van der Waals surface area contributed by atoms with Crippen molar-refractivity contribution in [2.45, 2.75) is 19.9 Å². The molecule has 2 aromatic carbocycles. The van der Waals surface area contributed by atoms with Crippen LogP contribution in [0.1, 0.15) is 31.2 Å². The first-order chi connectivity index (χ1) is 19.2. The summed E-state index contributed by atoms with van der Waals surface area (Å²) in [4.78, 5) is 42.2. The number of nitro benzene ring substituents is 1. The molecule has 0 radical (unpaired) electrons. The molecule has 204 valence electrons. The van der Waals surface area contributed by atoms with Crippen molar-refractivity contribution >= 4 is 40.7 Å². The molecular formula is C28H22ClN3O7S. The molecular weight excluding hydrogens is 558 g/mol. The average molecular weight is 580 g/mol. The van der Waals surface area contributed by atoms with Gasteiger partial charge in [-0.25, -0.2) is 9.79 Å². The van der Waals surface area contributed by atoms with Gasteiger partial charge < -0.3 is 13.9 Å². The lowest BCUT2D eigenvalue weighted by Gasteiger charge is -2.24. The van der Waals surface area contributed by atoms with Crippen molar-refractivity contribution in [3.63, 3.8) is 0 Å². The van der Waals surface area contributed by atoms with Crippen LogP contribution in [0.5, 0.6) is 5.75 Å². The maximum absolute atomic E-state index is 13.7. The van der Waals surface area contributed by atoms with Crippen LogP contribution in [0.25, 0.3) is 17.4 Å². The Balaban J connectivity index is 1.60. The predicted octanol–water partition coefficient (Wildman–Crippen LogP) is 4.63. The molecule has 1 aliphatic rings.